The summed E-state index contributed by atoms with van der Waals surface area (Å²) in [4.78, 5) is 25.6. The van der Waals surface area contributed by atoms with Crippen LogP contribution in [0.15, 0.2) is 82.5 Å². The fourth-order valence-electron chi connectivity index (χ4n) is 3.80. The maximum absolute atomic E-state index is 15.1. The van der Waals surface area contributed by atoms with Crippen LogP contribution in [0.4, 0.5) is 8.78 Å². The van der Waals surface area contributed by atoms with Crippen LogP contribution in [-0.4, -0.2) is 28.7 Å². The molecule has 0 aliphatic heterocycles. The van der Waals surface area contributed by atoms with E-state index in [4.69, 9.17) is 9.47 Å². The van der Waals surface area contributed by atoms with Crippen LogP contribution in [0.25, 0.3) is 0 Å². The van der Waals surface area contributed by atoms with Gasteiger partial charge in [0, 0.05) is 12.3 Å². The van der Waals surface area contributed by atoms with Crippen molar-refractivity contribution >= 4 is 0 Å². The molecule has 1 atom stereocenters. The highest BCUT2D eigenvalue weighted by molar-refractivity contribution is 5.23. The van der Waals surface area contributed by atoms with E-state index in [0.29, 0.717) is 0 Å². The van der Waals surface area contributed by atoms with Crippen LogP contribution in [0.3, 0.4) is 0 Å². The van der Waals surface area contributed by atoms with Crippen molar-refractivity contribution in [3.8, 4) is 0 Å². The van der Waals surface area contributed by atoms with Crippen molar-refractivity contribution in [3.63, 3.8) is 0 Å². The molecule has 1 aliphatic rings. The van der Waals surface area contributed by atoms with E-state index in [0.717, 1.165) is 28.0 Å². The second kappa shape index (κ2) is 8.56. The van der Waals surface area contributed by atoms with Gasteiger partial charge in [0.2, 0.25) is 0 Å². The summed E-state index contributed by atoms with van der Waals surface area (Å²) < 4.78 is 42.4. The Morgan fingerprint density at radius 3 is 1.84 bits per heavy atom. The van der Waals surface area contributed by atoms with Gasteiger partial charge in [-0.15, -0.1) is 0 Å². The van der Waals surface area contributed by atoms with E-state index < -0.39 is 28.6 Å². The van der Waals surface area contributed by atoms with Crippen LogP contribution in [0.5, 0.6) is 0 Å². The van der Waals surface area contributed by atoms with E-state index in [2.05, 4.69) is 0 Å². The average Bonchev–Trinajstić information content (AvgIpc) is 3.23. The normalized spacial score (nSPS) is 18.6. The summed E-state index contributed by atoms with van der Waals surface area (Å²) in [7, 11) is 0. The Kier molecular flexibility index (Phi) is 5.84. The Bertz CT molecular complexity index is 1080. The maximum Gasteiger partial charge on any atom is 0.328 e. The molecule has 1 saturated carbocycles. The summed E-state index contributed by atoms with van der Waals surface area (Å²) >= 11 is 0. The first-order valence-electron chi connectivity index (χ1n) is 9.87. The fourth-order valence-corrected chi connectivity index (χ4v) is 3.80. The molecule has 1 N–H and O–H groups in total. The lowest BCUT2D eigenvalue weighted by molar-refractivity contribution is -0.0430. The molecule has 31 heavy (non-hydrogen) atoms. The van der Waals surface area contributed by atoms with Gasteiger partial charge in [0.25, 0.3) is 11.5 Å². The van der Waals surface area contributed by atoms with E-state index in [9.17, 15) is 9.59 Å². The van der Waals surface area contributed by atoms with Gasteiger partial charge in [-0.2, -0.15) is 0 Å². The lowest BCUT2D eigenvalue weighted by Crippen LogP contribution is -2.31. The summed E-state index contributed by atoms with van der Waals surface area (Å²) in [6.07, 6.45) is 1.09. The van der Waals surface area contributed by atoms with E-state index in [1.54, 1.807) is 0 Å². The molecule has 1 aliphatic carbocycles. The van der Waals surface area contributed by atoms with Crippen LogP contribution < -0.4 is 11.2 Å². The Balaban J connectivity index is 1.54. The van der Waals surface area contributed by atoms with Crippen molar-refractivity contribution in [2.75, 3.05) is 13.2 Å². The number of nitrogens with one attached hydrogen (secondary N) is 1. The number of ether oxygens (including phenoxy) is 2. The van der Waals surface area contributed by atoms with Gasteiger partial charge >= 0.3 is 5.69 Å². The van der Waals surface area contributed by atoms with Crippen LogP contribution >= 0.6 is 0 Å². The van der Waals surface area contributed by atoms with Crippen LogP contribution in [-0.2, 0) is 22.7 Å². The first-order chi connectivity index (χ1) is 14.9. The van der Waals surface area contributed by atoms with Crippen LogP contribution in [0.2, 0.25) is 0 Å². The number of aromatic amines is 1. The first kappa shape index (κ1) is 21.1. The number of nitrogens with zero attached hydrogens (tertiary/aromatic N) is 1. The second-order valence-electron chi connectivity index (χ2n) is 7.66. The van der Waals surface area contributed by atoms with Crippen molar-refractivity contribution in [1.29, 1.82) is 0 Å². The standard InChI is InChI=1S/C23H22F2N2O4/c24-23(25)20(27-12-11-19(28)26-21(27)29)22(23,15-30-13-17-7-3-1-4-8-17)16-31-14-18-9-5-2-6-10-18/h1-12,20H,13-16H2,(H,26,28,29). The monoisotopic (exact) mass is 428 g/mol. The molecule has 0 radical (unpaired) electrons. The van der Waals surface area contributed by atoms with E-state index in [1.807, 2.05) is 65.6 Å². The van der Waals surface area contributed by atoms with Gasteiger partial charge in [0.15, 0.2) is 0 Å². The average molecular weight is 428 g/mol. The SMILES string of the molecule is O=c1ccn(C2C(F)(F)C2(COCc2ccccc2)COCc2ccccc2)c(=O)[nH]1. The maximum atomic E-state index is 15.1. The molecule has 0 bridgehead atoms. The molecule has 162 valence electrons. The number of halogens is 2. The second-order valence-corrected chi connectivity index (χ2v) is 7.66. The summed E-state index contributed by atoms with van der Waals surface area (Å²) in [6.45, 7) is -0.297. The number of rotatable bonds is 9. The van der Waals surface area contributed by atoms with Crippen molar-refractivity contribution in [3.05, 3.63) is 105 Å². The zero-order chi connectivity index (χ0) is 21.9. The molecule has 3 aromatic rings. The zero-order valence-corrected chi connectivity index (χ0v) is 16.7. The molecule has 0 saturated heterocycles. The van der Waals surface area contributed by atoms with Crippen molar-refractivity contribution in [1.82, 2.24) is 9.55 Å². The molecule has 1 fully saturated rings. The molecule has 1 heterocycles. The van der Waals surface area contributed by atoms with Crippen molar-refractivity contribution in [2.45, 2.75) is 25.2 Å². The largest absolute Gasteiger partial charge is 0.376 e. The number of hydrogen-bond donors (Lipinski definition) is 1. The molecule has 4 rings (SSSR count). The summed E-state index contributed by atoms with van der Waals surface area (Å²) in [5, 5.41) is 0. The quantitative estimate of drug-likeness (QED) is 0.568. The van der Waals surface area contributed by atoms with E-state index >= 15 is 8.78 Å². The minimum absolute atomic E-state index is 0.157. The predicted octanol–water partition coefficient (Wildman–Crippen LogP) is 3.15. The third-order valence-corrected chi connectivity index (χ3v) is 5.52. The molecule has 1 unspecified atom stereocenters. The minimum atomic E-state index is -3.25. The zero-order valence-electron chi connectivity index (χ0n) is 16.7. The van der Waals surface area contributed by atoms with Gasteiger partial charge in [-0.05, 0) is 11.1 Å². The molecule has 0 amide bonds. The van der Waals surface area contributed by atoms with Crippen LogP contribution in [0, 0.1) is 5.41 Å². The number of aromatic nitrogens is 2. The third kappa shape index (κ3) is 4.22. The highest BCUT2D eigenvalue weighted by Crippen LogP contribution is 2.68. The Morgan fingerprint density at radius 1 is 0.839 bits per heavy atom. The van der Waals surface area contributed by atoms with Gasteiger partial charge in [0.1, 0.15) is 11.5 Å². The highest BCUT2D eigenvalue weighted by atomic mass is 19.3. The van der Waals surface area contributed by atoms with E-state index in [-0.39, 0.29) is 26.4 Å². The van der Waals surface area contributed by atoms with Crippen LogP contribution in [0.1, 0.15) is 17.2 Å². The molecule has 6 nitrogen and oxygen atoms in total. The molecular formula is C23H22F2N2O4. The van der Waals surface area contributed by atoms with Crippen molar-refractivity contribution in [2.24, 2.45) is 5.41 Å². The van der Waals surface area contributed by atoms with Gasteiger partial charge in [0.05, 0.1) is 26.4 Å². The summed E-state index contributed by atoms with van der Waals surface area (Å²) in [5.41, 5.74) is -1.55. The molecular weight excluding hydrogens is 406 g/mol. The van der Waals surface area contributed by atoms with Gasteiger partial charge in [-0.3, -0.25) is 14.3 Å². The van der Waals surface area contributed by atoms with Gasteiger partial charge < -0.3 is 9.47 Å². The Labute approximate surface area is 177 Å². The summed E-state index contributed by atoms with van der Waals surface area (Å²) in [5.74, 6) is -3.25. The topological polar surface area (TPSA) is 73.3 Å². The lowest BCUT2D eigenvalue weighted by Gasteiger charge is -2.18. The third-order valence-electron chi connectivity index (χ3n) is 5.52. The number of hydrogen-bond acceptors (Lipinski definition) is 4. The number of benzene rings is 2. The fraction of sp³-hybridized carbons (Fsp3) is 0.304. The first-order valence-corrected chi connectivity index (χ1v) is 9.87. The smallest absolute Gasteiger partial charge is 0.328 e. The van der Waals surface area contributed by atoms with Gasteiger partial charge in [-0.25, -0.2) is 13.6 Å². The number of alkyl halides is 2. The predicted molar refractivity (Wildman–Crippen MR) is 110 cm³/mol. The number of H-pyrrole nitrogens is 1. The van der Waals surface area contributed by atoms with Crippen molar-refractivity contribution < 1.29 is 18.3 Å². The van der Waals surface area contributed by atoms with Gasteiger partial charge in [-0.1, -0.05) is 60.7 Å². The Hall–Kier alpha value is -3.10. The van der Waals surface area contributed by atoms with E-state index in [1.165, 1.54) is 0 Å². The lowest BCUT2D eigenvalue weighted by atomic mass is 10.1. The highest BCUT2D eigenvalue weighted by Gasteiger charge is 2.82. The molecule has 8 heteroatoms. The summed E-state index contributed by atoms with van der Waals surface area (Å²) in [6, 6.07) is 18.0. The molecule has 1 aromatic heterocycles. The molecule has 2 aromatic carbocycles. The minimum Gasteiger partial charge on any atom is -0.376 e. The molecule has 0 spiro atoms. The Morgan fingerprint density at radius 2 is 1.35 bits per heavy atom.